The summed E-state index contributed by atoms with van der Waals surface area (Å²) in [5.41, 5.74) is 7.29. The summed E-state index contributed by atoms with van der Waals surface area (Å²) in [6, 6.07) is 5.06. The molecule has 1 rings (SSSR count). The van der Waals surface area contributed by atoms with E-state index in [2.05, 4.69) is 5.16 Å². The van der Waals surface area contributed by atoms with Crippen molar-refractivity contribution in [1.82, 2.24) is 0 Å². The maximum atomic E-state index is 12.2. The van der Waals surface area contributed by atoms with E-state index in [1.54, 1.807) is 18.2 Å². The molecule has 0 unspecified atom stereocenters. The fourth-order valence-electron chi connectivity index (χ4n) is 1.64. The van der Waals surface area contributed by atoms with Gasteiger partial charge in [0, 0.05) is 24.8 Å². The summed E-state index contributed by atoms with van der Waals surface area (Å²) in [7, 11) is 1.54. The zero-order valence-electron chi connectivity index (χ0n) is 10.7. The minimum Gasteiger partial charge on any atom is -0.409 e. The van der Waals surface area contributed by atoms with Gasteiger partial charge < -0.3 is 15.8 Å². The largest absolute Gasteiger partial charge is 0.409 e. The summed E-state index contributed by atoms with van der Waals surface area (Å²) < 4.78 is 36.7. The Morgan fingerprint density at radius 3 is 2.58 bits per heavy atom. The fraction of sp³-hybridized carbons (Fsp3) is 0.417. The minimum absolute atomic E-state index is 0.131. The van der Waals surface area contributed by atoms with E-state index in [9.17, 15) is 13.2 Å². The van der Waals surface area contributed by atoms with E-state index in [4.69, 9.17) is 10.9 Å². The number of alkyl halides is 3. The molecule has 0 saturated heterocycles. The maximum absolute atomic E-state index is 12.2. The summed E-state index contributed by atoms with van der Waals surface area (Å²) in [6.07, 6.45) is -5.14. The zero-order valence-corrected chi connectivity index (χ0v) is 10.7. The molecule has 1 aromatic rings. The predicted octanol–water partition coefficient (Wildman–Crippen LogP) is 2.48. The van der Waals surface area contributed by atoms with Gasteiger partial charge in [-0.25, -0.2) is 0 Å². The Kier molecular flexibility index (Phi) is 4.63. The second kappa shape index (κ2) is 5.81. The van der Waals surface area contributed by atoms with E-state index in [1.807, 2.05) is 6.92 Å². The van der Waals surface area contributed by atoms with Crippen molar-refractivity contribution in [3.05, 3.63) is 29.3 Å². The number of aryl methyl sites for hydroxylation is 1. The van der Waals surface area contributed by atoms with Gasteiger partial charge in [-0.3, -0.25) is 0 Å². The molecule has 4 nitrogen and oxygen atoms in total. The van der Waals surface area contributed by atoms with Crippen molar-refractivity contribution in [2.24, 2.45) is 10.9 Å². The average molecular weight is 275 g/mol. The Balaban J connectivity index is 3.00. The summed E-state index contributed by atoms with van der Waals surface area (Å²) >= 11 is 0. The first-order valence-electron chi connectivity index (χ1n) is 5.61. The number of rotatable bonds is 4. The third-order valence-corrected chi connectivity index (χ3v) is 2.68. The van der Waals surface area contributed by atoms with E-state index in [0.717, 1.165) is 5.56 Å². The number of hydrogen-bond donors (Lipinski definition) is 2. The Morgan fingerprint density at radius 2 is 2.05 bits per heavy atom. The van der Waals surface area contributed by atoms with Crippen LogP contribution in [0.5, 0.6) is 0 Å². The Labute approximate surface area is 109 Å². The van der Waals surface area contributed by atoms with Crippen LogP contribution < -0.4 is 10.6 Å². The molecule has 0 fully saturated rings. The smallest absolute Gasteiger partial charge is 0.390 e. The van der Waals surface area contributed by atoms with E-state index >= 15 is 0 Å². The van der Waals surface area contributed by atoms with Gasteiger partial charge in [0.2, 0.25) is 0 Å². The van der Waals surface area contributed by atoms with Crippen LogP contribution in [0, 0.1) is 6.92 Å². The SMILES string of the molecule is Cc1ccc(C(N)=NO)c(N(C)CCC(F)(F)F)c1. The van der Waals surface area contributed by atoms with Gasteiger partial charge in [-0.05, 0) is 24.6 Å². The van der Waals surface area contributed by atoms with Crippen molar-refractivity contribution in [3.8, 4) is 0 Å². The Hall–Kier alpha value is -1.92. The summed E-state index contributed by atoms with van der Waals surface area (Å²) in [6.45, 7) is 1.62. The molecule has 0 saturated carbocycles. The molecule has 106 valence electrons. The monoisotopic (exact) mass is 275 g/mol. The summed E-state index contributed by atoms with van der Waals surface area (Å²) in [4.78, 5) is 1.44. The zero-order chi connectivity index (χ0) is 14.6. The molecule has 0 radical (unpaired) electrons. The third-order valence-electron chi connectivity index (χ3n) is 2.68. The molecule has 3 N–H and O–H groups in total. The number of oxime groups is 1. The van der Waals surface area contributed by atoms with Gasteiger partial charge in [-0.2, -0.15) is 13.2 Å². The number of halogens is 3. The lowest BCUT2D eigenvalue weighted by molar-refractivity contribution is -0.132. The number of anilines is 1. The molecule has 0 aliphatic rings. The topological polar surface area (TPSA) is 61.9 Å². The molecule has 19 heavy (non-hydrogen) atoms. The van der Waals surface area contributed by atoms with Crippen LogP contribution in [0.25, 0.3) is 0 Å². The van der Waals surface area contributed by atoms with Gasteiger partial charge in [0.1, 0.15) is 0 Å². The molecule has 0 aliphatic carbocycles. The first-order valence-corrected chi connectivity index (χ1v) is 5.61. The first-order chi connectivity index (χ1) is 8.74. The van der Waals surface area contributed by atoms with Crippen LogP contribution in [-0.2, 0) is 0 Å². The summed E-state index contributed by atoms with van der Waals surface area (Å²) in [5, 5.41) is 11.6. The molecule has 1 aromatic carbocycles. The highest BCUT2D eigenvalue weighted by atomic mass is 19.4. The lowest BCUT2D eigenvalue weighted by atomic mass is 10.1. The molecule has 0 atom stereocenters. The second-order valence-corrected chi connectivity index (χ2v) is 4.29. The number of benzene rings is 1. The highest BCUT2D eigenvalue weighted by molar-refractivity contribution is 6.02. The summed E-state index contributed by atoms with van der Waals surface area (Å²) in [5.74, 6) is -0.131. The van der Waals surface area contributed by atoms with Crippen molar-refractivity contribution < 1.29 is 18.4 Å². The number of hydrogen-bond acceptors (Lipinski definition) is 3. The van der Waals surface area contributed by atoms with Crippen LogP contribution >= 0.6 is 0 Å². The molecule has 0 aromatic heterocycles. The molecule has 0 amide bonds. The van der Waals surface area contributed by atoms with Crippen LogP contribution in [0.4, 0.5) is 18.9 Å². The van der Waals surface area contributed by atoms with E-state index in [-0.39, 0.29) is 12.4 Å². The van der Waals surface area contributed by atoms with E-state index in [1.165, 1.54) is 11.9 Å². The second-order valence-electron chi connectivity index (χ2n) is 4.29. The highest BCUT2D eigenvalue weighted by Gasteiger charge is 2.27. The van der Waals surface area contributed by atoms with Crippen LogP contribution in [0.2, 0.25) is 0 Å². The van der Waals surface area contributed by atoms with Gasteiger partial charge >= 0.3 is 6.18 Å². The standard InChI is InChI=1S/C12H16F3N3O/c1-8-3-4-9(11(16)17-19)10(7-8)18(2)6-5-12(13,14)15/h3-4,7,19H,5-6H2,1-2H3,(H2,16,17). The Morgan fingerprint density at radius 1 is 1.42 bits per heavy atom. The third kappa shape index (κ3) is 4.35. The lowest BCUT2D eigenvalue weighted by Crippen LogP contribution is -2.27. The Bertz CT molecular complexity index is 472. The van der Waals surface area contributed by atoms with Crippen LogP contribution in [0.1, 0.15) is 17.5 Å². The first kappa shape index (κ1) is 15.1. The van der Waals surface area contributed by atoms with Crippen LogP contribution in [0.15, 0.2) is 23.4 Å². The minimum atomic E-state index is -4.21. The van der Waals surface area contributed by atoms with Crippen molar-refractivity contribution in [3.63, 3.8) is 0 Å². The van der Waals surface area contributed by atoms with Crippen molar-refractivity contribution in [1.29, 1.82) is 0 Å². The maximum Gasteiger partial charge on any atom is 0.390 e. The van der Waals surface area contributed by atoms with Crippen LogP contribution in [0.3, 0.4) is 0 Å². The molecule has 0 spiro atoms. The number of nitrogens with two attached hydrogens (primary N) is 1. The molecule has 7 heteroatoms. The van der Waals surface area contributed by atoms with Gasteiger partial charge in [0.25, 0.3) is 0 Å². The normalized spacial score (nSPS) is 12.6. The van der Waals surface area contributed by atoms with Crippen molar-refractivity contribution >= 4 is 11.5 Å². The van der Waals surface area contributed by atoms with Gasteiger partial charge in [0.05, 0.1) is 6.42 Å². The van der Waals surface area contributed by atoms with E-state index < -0.39 is 12.6 Å². The lowest BCUT2D eigenvalue weighted by Gasteiger charge is -2.23. The van der Waals surface area contributed by atoms with Crippen molar-refractivity contribution in [2.75, 3.05) is 18.5 Å². The molecule has 0 heterocycles. The molecular weight excluding hydrogens is 259 g/mol. The quantitative estimate of drug-likeness (QED) is 0.384. The van der Waals surface area contributed by atoms with Gasteiger partial charge in [-0.15, -0.1) is 0 Å². The molecular formula is C12H16F3N3O. The van der Waals surface area contributed by atoms with Crippen molar-refractivity contribution in [2.45, 2.75) is 19.5 Å². The van der Waals surface area contributed by atoms with Crippen LogP contribution in [-0.4, -0.2) is 30.8 Å². The van der Waals surface area contributed by atoms with E-state index in [0.29, 0.717) is 11.3 Å². The predicted molar refractivity (Wildman–Crippen MR) is 67.6 cm³/mol. The number of nitrogens with zero attached hydrogens (tertiary/aromatic N) is 2. The van der Waals surface area contributed by atoms with Gasteiger partial charge in [0.15, 0.2) is 5.84 Å². The molecule has 0 aliphatic heterocycles. The highest BCUT2D eigenvalue weighted by Crippen LogP contribution is 2.25. The number of amidine groups is 1. The fourth-order valence-corrected chi connectivity index (χ4v) is 1.64. The molecule has 0 bridgehead atoms. The average Bonchev–Trinajstić information content (AvgIpc) is 2.34. The van der Waals surface area contributed by atoms with Gasteiger partial charge in [-0.1, -0.05) is 11.2 Å².